The van der Waals surface area contributed by atoms with Crippen LogP contribution in [0.5, 0.6) is 0 Å². The number of ketones is 2. The summed E-state index contributed by atoms with van der Waals surface area (Å²) in [4.78, 5) is 25.8. The SMILES string of the molecule is CC(=CCC1(O)C(=O)c2ccccc2C(=O)C1C)CCCC(C)CCCC(C)CCCC(C)C. The number of Topliss-reactive ketones (excluding diaryl/α,β-unsaturated/α-hetero) is 2. The minimum Gasteiger partial charge on any atom is -0.381 e. The largest absolute Gasteiger partial charge is 0.381 e. The van der Waals surface area contributed by atoms with Crippen LogP contribution in [0, 0.1) is 23.7 Å². The van der Waals surface area contributed by atoms with E-state index in [1.165, 1.54) is 50.5 Å². The predicted molar refractivity (Wildman–Crippen MR) is 142 cm³/mol. The van der Waals surface area contributed by atoms with E-state index in [1.807, 2.05) is 6.08 Å². The van der Waals surface area contributed by atoms with Crippen LogP contribution in [0.25, 0.3) is 0 Å². The summed E-state index contributed by atoms with van der Waals surface area (Å²) in [5.74, 6) is 1.18. The molecule has 0 radical (unpaired) electrons. The Balaban J connectivity index is 1.74. The van der Waals surface area contributed by atoms with Gasteiger partial charge in [0.15, 0.2) is 11.6 Å². The molecule has 0 aromatic heterocycles. The first-order valence-electron chi connectivity index (χ1n) is 13.6. The molecule has 3 nitrogen and oxygen atoms in total. The van der Waals surface area contributed by atoms with Gasteiger partial charge in [0, 0.05) is 17.5 Å². The molecule has 0 heterocycles. The van der Waals surface area contributed by atoms with Crippen LogP contribution in [-0.2, 0) is 0 Å². The van der Waals surface area contributed by atoms with Crippen molar-refractivity contribution < 1.29 is 14.7 Å². The van der Waals surface area contributed by atoms with Gasteiger partial charge in [-0.15, -0.1) is 0 Å². The van der Waals surface area contributed by atoms with Gasteiger partial charge in [-0.3, -0.25) is 9.59 Å². The number of carbonyl (C=O) groups excluding carboxylic acids is 2. The summed E-state index contributed by atoms with van der Waals surface area (Å²) < 4.78 is 0. The van der Waals surface area contributed by atoms with Gasteiger partial charge in [0.2, 0.25) is 0 Å². The molecule has 0 saturated carbocycles. The van der Waals surface area contributed by atoms with E-state index in [0.29, 0.717) is 11.1 Å². The molecule has 0 bridgehead atoms. The predicted octanol–water partition coefficient (Wildman–Crippen LogP) is 8.21. The molecular formula is C31H48O3. The average Bonchev–Trinajstić information content (AvgIpc) is 2.80. The molecule has 34 heavy (non-hydrogen) atoms. The Morgan fingerprint density at radius 2 is 1.44 bits per heavy atom. The minimum absolute atomic E-state index is 0.146. The van der Waals surface area contributed by atoms with Gasteiger partial charge >= 0.3 is 0 Å². The summed E-state index contributed by atoms with van der Waals surface area (Å²) in [6.45, 7) is 13.1. The van der Waals surface area contributed by atoms with Crippen molar-refractivity contribution in [1.29, 1.82) is 0 Å². The van der Waals surface area contributed by atoms with Crippen molar-refractivity contribution in [2.45, 2.75) is 111 Å². The van der Waals surface area contributed by atoms with Crippen LogP contribution < -0.4 is 0 Å². The highest BCUT2D eigenvalue weighted by atomic mass is 16.3. The highest BCUT2D eigenvalue weighted by Gasteiger charge is 2.49. The third-order valence-corrected chi connectivity index (χ3v) is 7.84. The van der Waals surface area contributed by atoms with Gasteiger partial charge < -0.3 is 5.11 Å². The lowest BCUT2D eigenvalue weighted by molar-refractivity contribution is 0.00307. The van der Waals surface area contributed by atoms with E-state index < -0.39 is 11.5 Å². The summed E-state index contributed by atoms with van der Waals surface area (Å²) in [6.07, 6.45) is 13.5. The van der Waals surface area contributed by atoms with Crippen molar-refractivity contribution in [3.05, 3.63) is 47.0 Å². The fraction of sp³-hybridized carbons (Fsp3) is 0.677. The summed E-state index contributed by atoms with van der Waals surface area (Å²) in [6, 6.07) is 6.84. The number of fused-ring (bicyclic) bond motifs is 1. The molecule has 4 atom stereocenters. The van der Waals surface area contributed by atoms with Crippen LogP contribution in [-0.4, -0.2) is 22.3 Å². The van der Waals surface area contributed by atoms with Gasteiger partial charge in [0.1, 0.15) is 5.60 Å². The van der Waals surface area contributed by atoms with Crippen LogP contribution in [0.15, 0.2) is 35.9 Å². The average molecular weight is 469 g/mol. The Labute approximate surface area is 208 Å². The zero-order valence-electron chi connectivity index (χ0n) is 22.5. The lowest BCUT2D eigenvalue weighted by Gasteiger charge is -2.36. The molecule has 0 aliphatic heterocycles. The van der Waals surface area contributed by atoms with E-state index in [4.69, 9.17) is 0 Å². The quantitative estimate of drug-likeness (QED) is 0.280. The Morgan fingerprint density at radius 1 is 0.912 bits per heavy atom. The second kappa shape index (κ2) is 13.4. The molecule has 1 aromatic carbocycles. The molecule has 0 saturated heterocycles. The first-order chi connectivity index (χ1) is 16.1. The number of carbonyl (C=O) groups is 2. The zero-order valence-corrected chi connectivity index (χ0v) is 22.5. The van der Waals surface area contributed by atoms with E-state index in [2.05, 4.69) is 34.6 Å². The maximum atomic E-state index is 13.0. The number of rotatable bonds is 14. The second-order valence-electron chi connectivity index (χ2n) is 11.5. The minimum atomic E-state index is -1.65. The molecule has 4 unspecified atom stereocenters. The third kappa shape index (κ3) is 7.90. The van der Waals surface area contributed by atoms with Crippen LogP contribution in [0.2, 0.25) is 0 Å². The third-order valence-electron chi connectivity index (χ3n) is 7.84. The van der Waals surface area contributed by atoms with Gasteiger partial charge in [-0.25, -0.2) is 0 Å². The zero-order chi connectivity index (χ0) is 25.3. The van der Waals surface area contributed by atoms with E-state index in [0.717, 1.165) is 30.6 Å². The molecular weight excluding hydrogens is 420 g/mol. The van der Waals surface area contributed by atoms with Gasteiger partial charge in [0.05, 0.1) is 5.92 Å². The smallest absolute Gasteiger partial charge is 0.196 e. The number of aliphatic hydroxyl groups is 1. The number of benzene rings is 1. The highest BCUT2D eigenvalue weighted by Crippen LogP contribution is 2.36. The van der Waals surface area contributed by atoms with Gasteiger partial charge in [0.25, 0.3) is 0 Å². The maximum Gasteiger partial charge on any atom is 0.196 e. The summed E-state index contributed by atoms with van der Waals surface area (Å²) in [5.41, 5.74) is 0.323. The summed E-state index contributed by atoms with van der Waals surface area (Å²) >= 11 is 0. The van der Waals surface area contributed by atoms with Crippen molar-refractivity contribution in [2.75, 3.05) is 0 Å². The molecule has 1 aliphatic rings. The van der Waals surface area contributed by atoms with Gasteiger partial charge in [-0.2, -0.15) is 0 Å². The normalized spacial score (nSPS) is 22.7. The molecule has 0 spiro atoms. The fourth-order valence-corrected chi connectivity index (χ4v) is 5.18. The lowest BCUT2D eigenvalue weighted by Crippen LogP contribution is -2.51. The molecule has 0 fully saturated rings. The Hall–Kier alpha value is -1.74. The van der Waals surface area contributed by atoms with Crippen molar-refractivity contribution in [3.63, 3.8) is 0 Å². The molecule has 190 valence electrons. The molecule has 1 aliphatic carbocycles. The van der Waals surface area contributed by atoms with Gasteiger partial charge in [-0.1, -0.05) is 115 Å². The Morgan fingerprint density at radius 3 is 2.03 bits per heavy atom. The molecule has 0 amide bonds. The standard InChI is InChI=1S/C31H48O3/c1-22(2)12-9-13-23(3)14-10-15-24(4)16-11-17-25(5)20-21-31(34)26(6)29(32)27-18-7-8-19-28(27)30(31)33/h7-8,18-20,22-24,26,34H,9-17,21H2,1-6H3. The van der Waals surface area contributed by atoms with E-state index >= 15 is 0 Å². The number of hydrogen-bond acceptors (Lipinski definition) is 3. The number of allylic oxidation sites excluding steroid dienone is 1. The Kier molecular flexibility index (Phi) is 11.2. The molecule has 1 N–H and O–H groups in total. The molecule has 1 aromatic rings. The topological polar surface area (TPSA) is 54.4 Å². The Bertz CT molecular complexity index is 837. The summed E-state index contributed by atoms with van der Waals surface area (Å²) in [5, 5.41) is 11.2. The molecule has 3 heteroatoms. The fourth-order valence-electron chi connectivity index (χ4n) is 5.18. The van der Waals surface area contributed by atoms with Crippen LogP contribution >= 0.6 is 0 Å². The van der Waals surface area contributed by atoms with Crippen molar-refractivity contribution >= 4 is 11.6 Å². The first kappa shape index (κ1) is 28.5. The highest BCUT2D eigenvalue weighted by molar-refractivity contribution is 6.18. The molecule has 2 rings (SSSR count). The number of hydrogen-bond donors (Lipinski definition) is 1. The van der Waals surface area contributed by atoms with E-state index in [9.17, 15) is 14.7 Å². The first-order valence-corrected chi connectivity index (χ1v) is 13.6. The van der Waals surface area contributed by atoms with Crippen molar-refractivity contribution in [1.82, 2.24) is 0 Å². The van der Waals surface area contributed by atoms with Gasteiger partial charge in [-0.05, 0) is 37.5 Å². The van der Waals surface area contributed by atoms with E-state index in [-0.39, 0.29) is 18.0 Å². The van der Waals surface area contributed by atoms with Crippen molar-refractivity contribution in [3.8, 4) is 0 Å². The maximum absolute atomic E-state index is 13.0. The van der Waals surface area contributed by atoms with Crippen LogP contribution in [0.1, 0.15) is 126 Å². The van der Waals surface area contributed by atoms with E-state index in [1.54, 1.807) is 31.2 Å². The van der Waals surface area contributed by atoms with Crippen molar-refractivity contribution in [2.24, 2.45) is 23.7 Å². The second-order valence-corrected chi connectivity index (χ2v) is 11.5. The summed E-state index contributed by atoms with van der Waals surface area (Å²) in [7, 11) is 0. The van der Waals surface area contributed by atoms with Crippen LogP contribution in [0.4, 0.5) is 0 Å². The monoisotopic (exact) mass is 468 g/mol. The van der Waals surface area contributed by atoms with Crippen LogP contribution in [0.3, 0.4) is 0 Å². The lowest BCUT2D eigenvalue weighted by atomic mass is 9.70.